The van der Waals surface area contributed by atoms with Gasteiger partial charge in [0.2, 0.25) is 0 Å². The topological polar surface area (TPSA) is 43.1 Å². The Bertz CT molecular complexity index is 592. The van der Waals surface area contributed by atoms with Crippen LogP contribution in [-0.2, 0) is 6.42 Å². The molecule has 0 amide bonds. The molecule has 0 saturated heterocycles. The average molecular weight is 255 g/mol. The number of benzene rings is 2. The van der Waals surface area contributed by atoms with Crippen molar-refractivity contribution in [1.29, 1.82) is 0 Å². The molecule has 0 aromatic heterocycles. The van der Waals surface area contributed by atoms with Crippen LogP contribution in [0.25, 0.3) is 11.1 Å². The number of non-ortho nitro benzene ring substituents is 1. The predicted molar refractivity (Wildman–Crippen MR) is 77.4 cm³/mol. The molecule has 0 aliphatic rings. The molecule has 0 N–H and O–H groups in total. The minimum atomic E-state index is -0.371. The van der Waals surface area contributed by atoms with E-state index in [0.29, 0.717) is 0 Å². The lowest BCUT2D eigenvalue weighted by molar-refractivity contribution is -0.384. The molecule has 0 spiro atoms. The van der Waals surface area contributed by atoms with E-state index in [4.69, 9.17) is 0 Å². The molecule has 0 fully saturated rings. The molecule has 0 unspecified atom stereocenters. The van der Waals surface area contributed by atoms with Crippen molar-refractivity contribution in [2.75, 3.05) is 0 Å². The van der Waals surface area contributed by atoms with Crippen molar-refractivity contribution in [3.63, 3.8) is 0 Å². The molecule has 0 radical (unpaired) electrons. The maximum Gasteiger partial charge on any atom is 0.269 e. The highest BCUT2D eigenvalue weighted by atomic mass is 16.6. The van der Waals surface area contributed by atoms with E-state index in [-0.39, 0.29) is 10.6 Å². The van der Waals surface area contributed by atoms with Crippen molar-refractivity contribution in [3.05, 3.63) is 63.2 Å². The molecule has 3 nitrogen and oxygen atoms in total. The van der Waals surface area contributed by atoms with Gasteiger partial charge in [0.1, 0.15) is 0 Å². The lowest BCUT2D eigenvalue weighted by Gasteiger charge is -2.12. The Labute approximate surface area is 113 Å². The third-order valence-electron chi connectivity index (χ3n) is 3.37. The zero-order valence-electron chi connectivity index (χ0n) is 11.4. The molecule has 2 aromatic rings. The molecule has 0 heterocycles. The van der Waals surface area contributed by atoms with Gasteiger partial charge in [-0.2, -0.15) is 0 Å². The van der Waals surface area contributed by atoms with Crippen LogP contribution in [0.15, 0.2) is 36.4 Å². The van der Waals surface area contributed by atoms with E-state index in [1.54, 1.807) is 12.1 Å². The summed E-state index contributed by atoms with van der Waals surface area (Å²) in [5.41, 5.74) is 6.08. The van der Waals surface area contributed by atoms with Crippen LogP contribution in [0.5, 0.6) is 0 Å². The van der Waals surface area contributed by atoms with Gasteiger partial charge in [-0.25, -0.2) is 0 Å². The van der Waals surface area contributed by atoms with Crippen molar-refractivity contribution >= 4 is 5.69 Å². The molecule has 0 bridgehead atoms. The maximum absolute atomic E-state index is 10.7. The van der Waals surface area contributed by atoms with Gasteiger partial charge in [0, 0.05) is 12.1 Å². The molecule has 2 rings (SSSR count). The van der Waals surface area contributed by atoms with Gasteiger partial charge in [-0.1, -0.05) is 19.1 Å². The average Bonchev–Trinajstić information content (AvgIpc) is 2.38. The molecule has 3 heteroatoms. The normalized spacial score (nSPS) is 10.5. The fraction of sp³-hybridized carbons (Fsp3) is 0.250. The second-order valence-electron chi connectivity index (χ2n) is 4.76. The van der Waals surface area contributed by atoms with Crippen molar-refractivity contribution in [2.45, 2.75) is 27.2 Å². The first-order chi connectivity index (χ1) is 9.02. The number of nitro groups is 1. The van der Waals surface area contributed by atoms with Crippen LogP contribution in [0.3, 0.4) is 0 Å². The standard InChI is InChI=1S/C16H17NO2/c1-4-13-9-11(2)16(12(3)10-13)14-5-7-15(8-6-14)17(18)19/h5-10H,4H2,1-3H3. The lowest BCUT2D eigenvalue weighted by Crippen LogP contribution is -1.93. The molecule has 0 saturated carbocycles. The number of hydrogen-bond acceptors (Lipinski definition) is 2. The minimum Gasteiger partial charge on any atom is -0.258 e. The Kier molecular flexibility index (Phi) is 3.65. The van der Waals surface area contributed by atoms with Gasteiger partial charge in [0.05, 0.1) is 4.92 Å². The molecule has 2 aromatic carbocycles. The molecular formula is C16H17NO2. The van der Waals surface area contributed by atoms with Gasteiger partial charge in [-0.15, -0.1) is 0 Å². The van der Waals surface area contributed by atoms with E-state index in [9.17, 15) is 10.1 Å². The van der Waals surface area contributed by atoms with Crippen molar-refractivity contribution < 1.29 is 4.92 Å². The first-order valence-corrected chi connectivity index (χ1v) is 6.38. The third kappa shape index (κ3) is 2.65. The Hall–Kier alpha value is -2.16. The second kappa shape index (κ2) is 5.22. The van der Waals surface area contributed by atoms with Gasteiger partial charge < -0.3 is 0 Å². The first kappa shape index (κ1) is 13.3. The summed E-state index contributed by atoms with van der Waals surface area (Å²) in [5, 5.41) is 10.7. The summed E-state index contributed by atoms with van der Waals surface area (Å²) in [6, 6.07) is 11.1. The van der Waals surface area contributed by atoms with Crippen LogP contribution in [0.2, 0.25) is 0 Å². The molecule has 0 atom stereocenters. The first-order valence-electron chi connectivity index (χ1n) is 6.38. The van der Waals surface area contributed by atoms with E-state index in [2.05, 4.69) is 32.9 Å². The van der Waals surface area contributed by atoms with Crippen molar-refractivity contribution in [2.24, 2.45) is 0 Å². The third-order valence-corrected chi connectivity index (χ3v) is 3.37. The van der Waals surface area contributed by atoms with Gasteiger partial charge in [-0.3, -0.25) is 10.1 Å². The Morgan fingerprint density at radius 3 is 2.00 bits per heavy atom. The van der Waals surface area contributed by atoms with E-state index >= 15 is 0 Å². The summed E-state index contributed by atoms with van der Waals surface area (Å²) in [7, 11) is 0. The van der Waals surface area contributed by atoms with Gasteiger partial charge in [0.15, 0.2) is 0 Å². The van der Waals surface area contributed by atoms with Crippen LogP contribution in [-0.4, -0.2) is 4.92 Å². The van der Waals surface area contributed by atoms with Gasteiger partial charge in [-0.05, 0) is 60.2 Å². The van der Waals surface area contributed by atoms with Crippen LogP contribution in [0.1, 0.15) is 23.6 Å². The maximum atomic E-state index is 10.7. The number of hydrogen-bond donors (Lipinski definition) is 0. The molecule has 98 valence electrons. The number of aryl methyl sites for hydroxylation is 3. The number of nitrogens with zero attached hydrogens (tertiary/aromatic N) is 1. The van der Waals surface area contributed by atoms with E-state index in [1.807, 2.05) is 12.1 Å². The van der Waals surface area contributed by atoms with Gasteiger partial charge in [0.25, 0.3) is 5.69 Å². The van der Waals surface area contributed by atoms with Gasteiger partial charge >= 0.3 is 0 Å². The molecule has 0 aliphatic carbocycles. The van der Waals surface area contributed by atoms with E-state index in [1.165, 1.54) is 22.3 Å². The van der Waals surface area contributed by atoms with Crippen LogP contribution in [0, 0.1) is 24.0 Å². The summed E-state index contributed by atoms with van der Waals surface area (Å²) in [6.07, 6.45) is 1.02. The predicted octanol–water partition coefficient (Wildman–Crippen LogP) is 4.44. The highest BCUT2D eigenvalue weighted by Gasteiger charge is 2.09. The quantitative estimate of drug-likeness (QED) is 0.601. The summed E-state index contributed by atoms with van der Waals surface area (Å²) >= 11 is 0. The van der Waals surface area contributed by atoms with E-state index in [0.717, 1.165) is 12.0 Å². The second-order valence-corrected chi connectivity index (χ2v) is 4.76. The molecule has 19 heavy (non-hydrogen) atoms. The lowest BCUT2D eigenvalue weighted by atomic mass is 9.93. The Balaban J connectivity index is 2.50. The van der Waals surface area contributed by atoms with Crippen LogP contribution in [0.4, 0.5) is 5.69 Å². The van der Waals surface area contributed by atoms with Crippen molar-refractivity contribution in [3.8, 4) is 11.1 Å². The highest BCUT2D eigenvalue weighted by Crippen LogP contribution is 2.29. The Morgan fingerprint density at radius 1 is 1.05 bits per heavy atom. The fourth-order valence-corrected chi connectivity index (χ4v) is 2.46. The molecule has 0 aliphatic heterocycles. The summed E-state index contributed by atoms with van der Waals surface area (Å²) in [6.45, 7) is 6.31. The number of nitro benzene ring substituents is 1. The smallest absolute Gasteiger partial charge is 0.258 e. The Morgan fingerprint density at radius 2 is 1.58 bits per heavy atom. The van der Waals surface area contributed by atoms with Crippen LogP contribution < -0.4 is 0 Å². The summed E-state index contributed by atoms with van der Waals surface area (Å²) in [5.74, 6) is 0. The summed E-state index contributed by atoms with van der Waals surface area (Å²) in [4.78, 5) is 10.3. The SMILES string of the molecule is CCc1cc(C)c(-c2ccc([N+](=O)[O-])cc2)c(C)c1. The minimum absolute atomic E-state index is 0.129. The van der Waals surface area contributed by atoms with Crippen LogP contribution >= 0.6 is 0 Å². The van der Waals surface area contributed by atoms with Crippen molar-refractivity contribution in [1.82, 2.24) is 0 Å². The largest absolute Gasteiger partial charge is 0.269 e. The monoisotopic (exact) mass is 255 g/mol. The summed E-state index contributed by atoms with van der Waals surface area (Å²) < 4.78 is 0. The molecular weight excluding hydrogens is 238 g/mol. The number of rotatable bonds is 3. The highest BCUT2D eigenvalue weighted by molar-refractivity contribution is 5.72. The van der Waals surface area contributed by atoms with E-state index < -0.39 is 0 Å². The zero-order chi connectivity index (χ0) is 14.0. The fourth-order valence-electron chi connectivity index (χ4n) is 2.46. The zero-order valence-corrected chi connectivity index (χ0v) is 11.4.